The van der Waals surface area contributed by atoms with Crippen LogP contribution >= 0.6 is 0 Å². The zero-order valence-corrected chi connectivity index (χ0v) is 13.4. The average molecular weight is 283 g/mol. The predicted molar refractivity (Wildman–Crippen MR) is 91.2 cm³/mol. The van der Waals surface area contributed by atoms with Crippen molar-refractivity contribution in [2.24, 2.45) is 0 Å². The van der Waals surface area contributed by atoms with Crippen molar-refractivity contribution in [3.05, 3.63) is 71.8 Å². The lowest BCUT2D eigenvalue weighted by molar-refractivity contribution is 0.450. The third-order valence-corrected chi connectivity index (χ3v) is 2.82. The maximum absolute atomic E-state index is 4.11. The molecule has 0 aliphatic carbocycles. The molecule has 1 N–H and O–H groups in total. The maximum atomic E-state index is 4.11. The third-order valence-electron chi connectivity index (χ3n) is 2.82. The second-order valence-electron chi connectivity index (χ2n) is 5.29. The van der Waals surface area contributed by atoms with Crippen LogP contribution in [0.25, 0.3) is 6.08 Å². The van der Waals surface area contributed by atoms with Gasteiger partial charge in [-0.25, -0.2) is 4.98 Å². The molecule has 0 aliphatic rings. The van der Waals surface area contributed by atoms with Crippen molar-refractivity contribution in [2.45, 2.75) is 13.8 Å². The molecule has 3 nitrogen and oxygen atoms in total. The molecule has 0 saturated carbocycles. The number of nitrogens with one attached hydrogen (secondary N) is 1. The van der Waals surface area contributed by atoms with Crippen LogP contribution in [0.5, 0.6) is 0 Å². The molecule has 1 aromatic carbocycles. The predicted octanol–water partition coefficient (Wildman–Crippen LogP) is 3.84. The smallest absolute Gasteiger partial charge is 0.130 e. The van der Waals surface area contributed by atoms with Crippen molar-refractivity contribution in [3.63, 3.8) is 0 Å². The van der Waals surface area contributed by atoms with E-state index in [1.165, 1.54) is 11.1 Å². The number of aromatic amines is 1. The number of aromatic nitrogens is 2. The zero-order valence-electron chi connectivity index (χ0n) is 13.4. The van der Waals surface area contributed by atoms with Crippen molar-refractivity contribution < 1.29 is 0 Å². The first-order valence-electron chi connectivity index (χ1n) is 7.01. The van der Waals surface area contributed by atoms with Gasteiger partial charge in [-0.3, -0.25) is 0 Å². The Bertz CT molecular complexity index is 528. The highest BCUT2D eigenvalue weighted by Gasteiger charge is 1.96. The van der Waals surface area contributed by atoms with Gasteiger partial charge in [-0.2, -0.15) is 0 Å². The van der Waals surface area contributed by atoms with Crippen LogP contribution in [0, 0.1) is 13.8 Å². The molecular weight excluding hydrogens is 258 g/mol. The topological polar surface area (TPSA) is 31.9 Å². The van der Waals surface area contributed by atoms with Gasteiger partial charge in [-0.15, -0.1) is 0 Å². The standard InChI is InChI=1S/C10H15N3.C8H10/c1-4-9(8-13(2)3)7-10-11-5-6-12-10;1-7-3-5-8(2)6-4-7/h4-7H,1,8H2,2-3H3,(H,11,12);3-6H,1-2H3/b9-7+;. The number of aryl methyl sites for hydroxylation is 2. The van der Waals surface area contributed by atoms with Crippen LogP contribution < -0.4 is 0 Å². The van der Waals surface area contributed by atoms with Crippen LogP contribution in [0.15, 0.2) is 54.9 Å². The fourth-order valence-corrected chi connectivity index (χ4v) is 1.70. The lowest BCUT2D eigenvalue weighted by Gasteiger charge is -2.09. The lowest BCUT2D eigenvalue weighted by atomic mass is 10.2. The summed E-state index contributed by atoms with van der Waals surface area (Å²) in [6, 6.07) is 8.48. The molecule has 0 spiro atoms. The molecule has 3 heteroatoms. The number of likely N-dealkylation sites (N-methyl/N-ethyl adjacent to an activating group) is 1. The highest BCUT2D eigenvalue weighted by atomic mass is 15.0. The lowest BCUT2D eigenvalue weighted by Crippen LogP contribution is -2.14. The van der Waals surface area contributed by atoms with E-state index in [0.717, 1.165) is 17.9 Å². The first-order valence-corrected chi connectivity index (χ1v) is 7.01. The van der Waals surface area contributed by atoms with Gasteiger partial charge in [0.25, 0.3) is 0 Å². The molecule has 2 rings (SSSR count). The summed E-state index contributed by atoms with van der Waals surface area (Å²) in [5.74, 6) is 0.872. The van der Waals surface area contributed by atoms with E-state index in [0.29, 0.717) is 0 Å². The van der Waals surface area contributed by atoms with Crippen LogP contribution in [-0.2, 0) is 0 Å². The van der Waals surface area contributed by atoms with Gasteiger partial charge in [0.05, 0.1) is 0 Å². The van der Waals surface area contributed by atoms with Crippen molar-refractivity contribution in [1.29, 1.82) is 0 Å². The van der Waals surface area contributed by atoms with Gasteiger partial charge in [0.1, 0.15) is 5.82 Å². The van der Waals surface area contributed by atoms with Gasteiger partial charge in [-0.05, 0) is 39.6 Å². The average Bonchev–Trinajstić information content (AvgIpc) is 2.94. The Morgan fingerprint density at radius 2 is 1.76 bits per heavy atom. The third kappa shape index (κ3) is 7.28. The van der Waals surface area contributed by atoms with Gasteiger partial charge < -0.3 is 9.88 Å². The fraction of sp³-hybridized carbons (Fsp3) is 0.278. The summed E-state index contributed by atoms with van der Waals surface area (Å²) in [6.07, 6.45) is 7.39. The van der Waals surface area contributed by atoms with Gasteiger partial charge in [0.15, 0.2) is 0 Å². The van der Waals surface area contributed by atoms with E-state index in [2.05, 4.69) is 59.6 Å². The van der Waals surface area contributed by atoms with E-state index in [-0.39, 0.29) is 0 Å². The molecule has 0 unspecified atom stereocenters. The van der Waals surface area contributed by atoms with E-state index in [1.807, 2.05) is 32.4 Å². The minimum Gasteiger partial charge on any atom is -0.345 e. The fourth-order valence-electron chi connectivity index (χ4n) is 1.70. The number of H-pyrrole nitrogens is 1. The van der Waals surface area contributed by atoms with Crippen LogP contribution in [-0.4, -0.2) is 35.5 Å². The van der Waals surface area contributed by atoms with Crippen LogP contribution in [0.4, 0.5) is 0 Å². The Kier molecular flexibility index (Phi) is 7.19. The molecule has 0 aliphatic heterocycles. The molecule has 0 radical (unpaired) electrons. The van der Waals surface area contributed by atoms with Gasteiger partial charge in [0.2, 0.25) is 0 Å². The SMILES string of the molecule is C=C/C(=C\c1ncc[nH]1)CN(C)C.Cc1ccc(C)cc1. The molecule has 1 aromatic heterocycles. The second kappa shape index (κ2) is 8.93. The van der Waals surface area contributed by atoms with Crippen molar-refractivity contribution >= 4 is 6.08 Å². The summed E-state index contributed by atoms with van der Waals surface area (Å²) >= 11 is 0. The number of nitrogens with zero attached hydrogens (tertiary/aromatic N) is 2. The monoisotopic (exact) mass is 283 g/mol. The molecule has 0 amide bonds. The highest BCUT2D eigenvalue weighted by molar-refractivity contribution is 5.49. The number of imidazole rings is 1. The summed E-state index contributed by atoms with van der Waals surface area (Å²) in [5.41, 5.74) is 3.81. The van der Waals surface area contributed by atoms with Crippen molar-refractivity contribution in [3.8, 4) is 0 Å². The summed E-state index contributed by atoms with van der Waals surface area (Å²) in [7, 11) is 4.05. The highest BCUT2D eigenvalue weighted by Crippen LogP contribution is 2.03. The minimum atomic E-state index is 0.872. The first-order chi connectivity index (χ1) is 10.0. The Morgan fingerprint density at radius 1 is 1.19 bits per heavy atom. The largest absolute Gasteiger partial charge is 0.345 e. The Hall–Kier alpha value is -2.13. The number of benzene rings is 1. The molecule has 1 heterocycles. The van der Waals surface area contributed by atoms with E-state index in [1.54, 1.807) is 6.20 Å². The number of rotatable bonds is 4. The first kappa shape index (κ1) is 16.9. The molecular formula is C18H25N3. The van der Waals surface area contributed by atoms with E-state index in [9.17, 15) is 0 Å². The van der Waals surface area contributed by atoms with E-state index < -0.39 is 0 Å². The molecule has 0 atom stereocenters. The summed E-state index contributed by atoms with van der Waals surface area (Å²) in [4.78, 5) is 9.23. The number of hydrogen-bond donors (Lipinski definition) is 1. The normalized spacial score (nSPS) is 11.0. The van der Waals surface area contributed by atoms with E-state index >= 15 is 0 Å². The number of hydrogen-bond acceptors (Lipinski definition) is 2. The van der Waals surface area contributed by atoms with Gasteiger partial charge in [0, 0.05) is 18.9 Å². The van der Waals surface area contributed by atoms with Gasteiger partial charge in [-0.1, -0.05) is 48.0 Å². The molecule has 0 bridgehead atoms. The quantitative estimate of drug-likeness (QED) is 0.864. The minimum absolute atomic E-state index is 0.872. The van der Waals surface area contributed by atoms with Crippen LogP contribution in [0.2, 0.25) is 0 Å². The summed E-state index contributed by atoms with van der Waals surface area (Å²) in [6.45, 7) is 8.83. The summed E-state index contributed by atoms with van der Waals surface area (Å²) in [5, 5.41) is 0. The molecule has 112 valence electrons. The van der Waals surface area contributed by atoms with Crippen LogP contribution in [0.3, 0.4) is 0 Å². The molecule has 21 heavy (non-hydrogen) atoms. The summed E-state index contributed by atoms with van der Waals surface area (Å²) < 4.78 is 0. The maximum Gasteiger partial charge on any atom is 0.130 e. The Balaban J connectivity index is 0.000000235. The molecule has 2 aromatic rings. The van der Waals surface area contributed by atoms with Gasteiger partial charge >= 0.3 is 0 Å². The second-order valence-corrected chi connectivity index (χ2v) is 5.29. The van der Waals surface area contributed by atoms with E-state index in [4.69, 9.17) is 0 Å². The van der Waals surface area contributed by atoms with Crippen molar-refractivity contribution in [2.75, 3.05) is 20.6 Å². The van der Waals surface area contributed by atoms with Crippen LogP contribution in [0.1, 0.15) is 17.0 Å². The Labute approximate surface area is 128 Å². The zero-order chi connectivity index (χ0) is 15.7. The molecule has 0 fully saturated rings. The Morgan fingerprint density at radius 3 is 2.14 bits per heavy atom. The van der Waals surface area contributed by atoms with Crippen molar-refractivity contribution in [1.82, 2.24) is 14.9 Å². The molecule has 0 saturated heterocycles.